The molecule has 1 aliphatic carbocycles. The predicted octanol–water partition coefficient (Wildman–Crippen LogP) is 5.07. The first-order valence-electron chi connectivity index (χ1n) is 7.24. The lowest BCUT2D eigenvalue weighted by molar-refractivity contribution is 0.102. The number of hydrogen-bond donors (Lipinski definition) is 0. The molecule has 0 saturated heterocycles. The van der Waals surface area contributed by atoms with Crippen LogP contribution in [0.2, 0.25) is 0 Å². The van der Waals surface area contributed by atoms with E-state index >= 15 is 0 Å². The fourth-order valence-corrected chi connectivity index (χ4v) is 3.33. The maximum atomic E-state index is 13.5. The van der Waals surface area contributed by atoms with E-state index in [1.807, 2.05) is 18.2 Å². The second-order valence-corrected chi connectivity index (χ2v) is 6.41. The third-order valence-corrected chi connectivity index (χ3v) is 5.03. The van der Waals surface area contributed by atoms with Crippen LogP contribution in [0.15, 0.2) is 53.4 Å². The lowest BCUT2D eigenvalue weighted by Crippen LogP contribution is -2.10. The summed E-state index contributed by atoms with van der Waals surface area (Å²) in [5, 5.41) is 0. The van der Waals surface area contributed by atoms with Crippen LogP contribution in [0, 0.1) is 5.82 Å². The minimum absolute atomic E-state index is 0.0597. The molecule has 0 aromatic heterocycles. The van der Waals surface area contributed by atoms with Gasteiger partial charge in [0, 0.05) is 10.5 Å². The van der Waals surface area contributed by atoms with Crippen LogP contribution in [-0.4, -0.2) is 11.5 Å². The van der Waals surface area contributed by atoms with Crippen molar-refractivity contribution in [2.24, 2.45) is 0 Å². The minimum Gasteiger partial charge on any atom is -0.293 e. The number of thioether (sulfide) groups is 1. The summed E-state index contributed by atoms with van der Waals surface area (Å²) >= 11 is 1.26. The molecule has 0 heterocycles. The summed E-state index contributed by atoms with van der Waals surface area (Å²) in [4.78, 5) is 12.8. The molecule has 1 aliphatic rings. The van der Waals surface area contributed by atoms with Crippen molar-refractivity contribution in [1.29, 1.82) is 0 Å². The Morgan fingerprint density at radius 2 is 1.95 bits per heavy atom. The van der Waals surface area contributed by atoms with E-state index in [1.54, 1.807) is 18.2 Å². The molecule has 21 heavy (non-hydrogen) atoms. The van der Waals surface area contributed by atoms with Crippen molar-refractivity contribution in [1.82, 2.24) is 0 Å². The Labute approximate surface area is 128 Å². The first-order chi connectivity index (χ1) is 10.2. The van der Waals surface area contributed by atoms with Crippen LogP contribution in [0.3, 0.4) is 0 Å². The van der Waals surface area contributed by atoms with E-state index in [1.165, 1.54) is 42.7 Å². The van der Waals surface area contributed by atoms with Crippen molar-refractivity contribution in [3.63, 3.8) is 0 Å². The lowest BCUT2D eigenvalue weighted by Gasteiger charge is -2.26. The highest BCUT2D eigenvalue weighted by Gasteiger charge is 2.20. The molecule has 0 bridgehead atoms. The predicted molar refractivity (Wildman–Crippen MR) is 84.5 cm³/mol. The monoisotopic (exact) mass is 300 g/mol. The highest BCUT2D eigenvalue weighted by molar-refractivity contribution is 8.00. The fraction of sp³-hybridized carbons (Fsp3) is 0.278. The number of benzene rings is 2. The highest BCUT2D eigenvalue weighted by Crippen LogP contribution is 2.36. The topological polar surface area (TPSA) is 17.1 Å². The van der Waals surface area contributed by atoms with Crippen LogP contribution in [0.4, 0.5) is 4.39 Å². The first kappa shape index (κ1) is 14.3. The maximum Gasteiger partial charge on any atom is 0.173 e. The van der Waals surface area contributed by atoms with Crippen LogP contribution in [-0.2, 0) is 0 Å². The van der Waals surface area contributed by atoms with Gasteiger partial charge in [-0.3, -0.25) is 4.79 Å². The Hall–Kier alpha value is -1.61. The number of ketones is 1. The van der Waals surface area contributed by atoms with Crippen molar-refractivity contribution >= 4 is 17.5 Å². The normalized spacial score (nSPS) is 14.7. The van der Waals surface area contributed by atoms with Crippen LogP contribution in [0.5, 0.6) is 0 Å². The largest absolute Gasteiger partial charge is 0.293 e. The van der Waals surface area contributed by atoms with Gasteiger partial charge in [-0.1, -0.05) is 36.8 Å². The highest BCUT2D eigenvalue weighted by atomic mass is 32.2. The molecule has 3 rings (SSSR count). The van der Waals surface area contributed by atoms with Crippen LogP contribution in [0.1, 0.15) is 41.1 Å². The lowest BCUT2D eigenvalue weighted by atomic mass is 9.79. The summed E-state index contributed by atoms with van der Waals surface area (Å²) in [6.45, 7) is 0. The van der Waals surface area contributed by atoms with Gasteiger partial charge in [-0.25, -0.2) is 4.39 Å². The van der Waals surface area contributed by atoms with Crippen molar-refractivity contribution in [2.75, 3.05) is 5.75 Å². The van der Waals surface area contributed by atoms with Gasteiger partial charge in [0.2, 0.25) is 0 Å². The maximum absolute atomic E-state index is 13.5. The van der Waals surface area contributed by atoms with E-state index in [4.69, 9.17) is 0 Å². The van der Waals surface area contributed by atoms with Gasteiger partial charge in [0.15, 0.2) is 5.78 Å². The molecular weight excluding hydrogens is 283 g/mol. The van der Waals surface area contributed by atoms with E-state index in [-0.39, 0.29) is 17.4 Å². The molecule has 0 atom stereocenters. The molecule has 2 aromatic rings. The number of halogens is 1. The third kappa shape index (κ3) is 3.35. The molecule has 0 amide bonds. The summed E-state index contributed by atoms with van der Waals surface area (Å²) in [5.74, 6) is 0.689. The van der Waals surface area contributed by atoms with Crippen LogP contribution >= 0.6 is 11.8 Å². The minimum atomic E-state index is -0.265. The smallest absolute Gasteiger partial charge is 0.173 e. The number of Topliss-reactive ketones (excluding diaryl/α,β-unsaturated/α-hetero) is 1. The van der Waals surface area contributed by atoms with Gasteiger partial charge in [0.1, 0.15) is 5.82 Å². The average molecular weight is 300 g/mol. The molecule has 108 valence electrons. The molecule has 1 nitrogen and oxygen atoms in total. The fourth-order valence-electron chi connectivity index (χ4n) is 2.50. The second kappa shape index (κ2) is 6.44. The number of hydrogen-bond acceptors (Lipinski definition) is 2. The van der Waals surface area contributed by atoms with Gasteiger partial charge in [-0.05, 0) is 42.5 Å². The summed E-state index contributed by atoms with van der Waals surface area (Å²) < 4.78 is 13.5. The van der Waals surface area contributed by atoms with Gasteiger partial charge >= 0.3 is 0 Å². The zero-order chi connectivity index (χ0) is 14.7. The van der Waals surface area contributed by atoms with Gasteiger partial charge in [0.25, 0.3) is 0 Å². The van der Waals surface area contributed by atoms with Crippen molar-refractivity contribution in [3.8, 4) is 0 Å². The molecule has 0 aliphatic heterocycles. The quantitative estimate of drug-likeness (QED) is 0.566. The zero-order valence-electron chi connectivity index (χ0n) is 11.7. The Kier molecular flexibility index (Phi) is 4.39. The summed E-state index contributed by atoms with van der Waals surface area (Å²) in [7, 11) is 0. The Balaban J connectivity index is 1.66. The van der Waals surface area contributed by atoms with E-state index in [2.05, 4.69) is 6.07 Å². The van der Waals surface area contributed by atoms with E-state index in [0.29, 0.717) is 10.8 Å². The standard InChI is InChI=1S/C18H17FOS/c19-16-9-1-2-10-18(16)21-12-17(20)15-8-4-7-14(11-15)13-5-3-6-13/h1-2,4,7-11,13H,3,5-6,12H2. The molecule has 0 N–H and O–H groups in total. The molecule has 0 unspecified atom stereocenters. The Bertz CT molecular complexity index is 649. The van der Waals surface area contributed by atoms with Gasteiger partial charge < -0.3 is 0 Å². The Morgan fingerprint density at radius 3 is 2.67 bits per heavy atom. The average Bonchev–Trinajstić information content (AvgIpc) is 2.45. The first-order valence-corrected chi connectivity index (χ1v) is 8.23. The van der Waals surface area contributed by atoms with Gasteiger partial charge in [-0.2, -0.15) is 0 Å². The molecule has 1 fully saturated rings. The summed E-state index contributed by atoms with van der Waals surface area (Å²) in [6, 6.07) is 14.5. The molecule has 0 radical (unpaired) electrons. The SMILES string of the molecule is O=C(CSc1ccccc1F)c1cccc(C2CCC2)c1. The van der Waals surface area contributed by atoms with Crippen molar-refractivity contribution < 1.29 is 9.18 Å². The van der Waals surface area contributed by atoms with Gasteiger partial charge in [0.05, 0.1) is 5.75 Å². The molecule has 2 aromatic carbocycles. The molecule has 0 spiro atoms. The van der Waals surface area contributed by atoms with Crippen molar-refractivity contribution in [2.45, 2.75) is 30.1 Å². The van der Waals surface area contributed by atoms with Gasteiger partial charge in [-0.15, -0.1) is 11.8 Å². The Morgan fingerprint density at radius 1 is 1.14 bits per heavy atom. The molecule has 3 heteroatoms. The van der Waals surface area contributed by atoms with Crippen LogP contribution < -0.4 is 0 Å². The number of rotatable bonds is 5. The van der Waals surface area contributed by atoms with Crippen LogP contribution in [0.25, 0.3) is 0 Å². The van der Waals surface area contributed by atoms with E-state index in [0.717, 1.165) is 5.56 Å². The summed E-state index contributed by atoms with van der Waals surface area (Å²) in [5.41, 5.74) is 2.01. The van der Waals surface area contributed by atoms with Crippen molar-refractivity contribution in [3.05, 3.63) is 65.5 Å². The molecular formula is C18H17FOS. The zero-order valence-corrected chi connectivity index (χ0v) is 12.5. The van der Waals surface area contributed by atoms with E-state index in [9.17, 15) is 9.18 Å². The summed E-state index contributed by atoms with van der Waals surface area (Å²) in [6.07, 6.45) is 3.73. The van der Waals surface area contributed by atoms with E-state index < -0.39 is 0 Å². The second-order valence-electron chi connectivity index (χ2n) is 5.40. The number of carbonyl (C=O) groups is 1. The third-order valence-electron chi connectivity index (χ3n) is 3.98. The molecule has 1 saturated carbocycles. The number of carbonyl (C=O) groups excluding carboxylic acids is 1.